The topological polar surface area (TPSA) is 84.1 Å². The smallest absolute Gasteiger partial charge is 0.329 e. The van der Waals surface area contributed by atoms with Gasteiger partial charge in [-0.05, 0) is 12.8 Å². The molecule has 6 heteroatoms. The molecule has 17 heavy (non-hydrogen) atoms. The molecule has 0 radical (unpaired) electrons. The Balaban J connectivity index is 2.33. The van der Waals surface area contributed by atoms with E-state index in [0.717, 1.165) is 30.4 Å². The van der Waals surface area contributed by atoms with Crippen molar-refractivity contribution in [2.24, 2.45) is 12.8 Å². The van der Waals surface area contributed by atoms with Gasteiger partial charge >= 0.3 is 5.69 Å². The Hall–Kier alpha value is -1.56. The first-order valence-electron chi connectivity index (χ1n) is 5.89. The van der Waals surface area contributed by atoms with E-state index >= 15 is 0 Å². The van der Waals surface area contributed by atoms with Crippen LogP contribution in [0.4, 0.5) is 5.82 Å². The second kappa shape index (κ2) is 4.75. The second-order valence-electron chi connectivity index (χ2n) is 4.56. The summed E-state index contributed by atoms with van der Waals surface area (Å²) in [5, 5.41) is 0. The Morgan fingerprint density at radius 1 is 1.41 bits per heavy atom. The van der Waals surface area contributed by atoms with Crippen molar-refractivity contribution < 1.29 is 0 Å². The van der Waals surface area contributed by atoms with E-state index in [2.05, 4.69) is 4.98 Å². The van der Waals surface area contributed by atoms with Gasteiger partial charge in [-0.2, -0.15) is 0 Å². The maximum Gasteiger partial charge on any atom is 0.329 e. The van der Waals surface area contributed by atoms with Gasteiger partial charge in [0.05, 0.1) is 0 Å². The van der Waals surface area contributed by atoms with Crippen molar-refractivity contribution in [1.29, 1.82) is 0 Å². The summed E-state index contributed by atoms with van der Waals surface area (Å²) in [4.78, 5) is 27.8. The average molecular weight is 238 g/mol. The molecule has 0 bridgehead atoms. The SMILES string of the molecule is Cn1c(=O)cc(N2CCCCC(N)C2)[nH]c1=O. The molecular formula is C11H18N4O2. The number of nitrogens with one attached hydrogen (secondary N) is 1. The minimum atomic E-state index is -0.384. The van der Waals surface area contributed by atoms with Crippen LogP contribution in [0.3, 0.4) is 0 Å². The molecule has 0 aromatic carbocycles. The predicted molar refractivity (Wildman–Crippen MR) is 66.3 cm³/mol. The normalized spacial score (nSPS) is 21.3. The largest absolute Gasteiger partial charge is 0.356 e. The lowest BCUT2D eigenvalue weighted by atomic mass is 10.2. The summed E-state index contributed by atoms with van der Waals surface area (Å²) >= 11 is 0. The molecular weight excluding hydrogens is 220 g/mol. The minimum Gasteiger partial charge on any atom is -0.356 e. The van der Waals surface area contributed by atoms with Gasteiger partial charge in [-0.1, -0.05) is 6.42 Å². The third-order valence-electron chi connectivity index (χ3n) is 3.18. The van der Waals surface area contributed by atoms with E-state index in [0.29, 0.717) is 12.4 Å². The molecule has 1 aliphatic heterocycles. The standard InChI is InChI=1S/C11H18N4O2/c1-14-10(16)6-9(13-11(14)17)15-5-3-2-4-8(12)7-15/h6,8H,2-5,7,12H2,1H3,(H,13,17). The molecule has 1 aliphatic rings. The number of aromatic amines is 1. The minimum absolute atomic E-state index is 0.102. The number of hydrogen-bond donors (Lipinski definition) is 2. The van der Waals surface area contributed by atoms with Gasteiger partial charge in [0.25, 0.3) is 5.56 Å². The molecule has 1 aromatic heterocycles. The highest BCUT2D eigenvalue weighted by Crippen LogP contribution is 2.14. The highest BCUT2D eigenvalue weighted by atomic mass is 16.2. The zero-order chi connectivity index (χ0) is 12.4. The second-order valence-corrected chi connectivity index (χ2v) is 4.56. The van der Waals surface area contributed by atoms with Gasteiger partial charge in [-0.25, -0.2) is 4.79 Å². The average Bonchev–Trinajstić information content (AvgIpc) is 2.50. The first-order chi connectivity index (χ1) is 8.08. The van der Waals surface area contributed by atoms with Gasteiger partial charge in [0.15, 0.2) is 0 Å². The summed E-state index contributed by atoms with van der Waals surface area (Å²) in [6.07, 6.45) is 3.11. The van der Waals surface area contributed by atoms with Gasteiger partial charge < -0.3 is 10.6 Å². The fraction of sp³-hybridized carbons (Fsp3) is 0.636. The molecule has 0 saturated carbocycles. The van der Waals surface area contributed by atoms with Gasteiger partial charge in [0.2, 0.25) is 0 Å². The number of H-pyrrole nitrogens is 1. The van der Waals surface area contributed by atoms with E-state index in [-0.39, 0.29) is 17.3 Å². The molecule has 2 rings (SSSR count). The van der Waals surface area contributed by atoms with Crippen LogP contribution in [-0.2, 0) is 7.05 Å². The summed E-state index contributed by atoms with van der Waals surface area (Å²) in [6.45, 7) is 1.51. The van der Waals surface area contributed by atoms with E-state index in [4.69, 9.17) is 5.73 Å². The molecule has 1 fully saturated rings. The summed E-state index contributed by atoms with van der Waals surface area (Å²) in [7, 11) is 1.46. The van der Waals surface area contributed by atoms with Crippen molar-refractivity contribution in [2.75, 3.05) is 18.0 Å². The van der Waals surface area contributed by atoms with Crippen LogP contribution in [0.2, 0.25) is 0 Å². The van der Waals surface area contributed by atoms with E-state index in [1.165, 1.54) is 13.1 Å². The lowest BCUT2D eigenvalue weighted by molar-refractivity contribution is 0.619. The summed E-state index contributed by atoms with van der Waals surface area (Å²) in [5.74, 6) is 0.579. The molecule has 1 aromatic rings. The van der Waals surface area contributed by atoms with Crippen LogP contribution in [0.15, 0.2) is 15.7 Å². The molecule has 1 unspecified atom stereocenters. The highest BCUT2D eigenvalue weighted by Gasteiger charge is 2.16. The van der Waals surface area contributed by atoms with Gasteiger partial charge in [0, 0.05) is 32.2 Å². The summed E-state index contributed by atoms with van der Waals surface area (Å²) in [6, 6.07) is 1.56. The number of anilines is 1. The monoisotopic (exact) mass is 238 g/mol. The number of nitrogens with zero attached hydrogens (tertiary/aromatic N) is 2. The molecule has 2 heterocycles. The van der Waals surface area contributed by atoms with Crippen molar-refractivity contribution in [3.63, 3.8) is 0 Å². The van der Waals surface area contributed by atoms with Crippen LogP contribution in [0.25, 0.3) is 0 Å². The lowest BCUT2D eigenvalue weighted by Gasteiger charge is -2.24. The number of aromatic nitrogens is 2. The molecule has 1 atom stereocenters. The van der Waals surface area contributed by atoms with Crippen LogP contribution >= 0.6 is 0 Å². The number of hydrogen-bond acceptors (Lipinski definition) is 4. The third kappa shape index (κ3) is 2.58. The molecule has 0 amide bonds. The Morgan fingerprint density at radius 3 is 2.88 bits per heavy atom. The van der Waals surface area contributed by atoms with Crippen molar-refractivity contribution in [1.82, 2.24) is 9.55 Å². The molecule has 0 spiro atoms. The molecule has 3 N–H and O–H groups in total. The Labute approximate surface area is 99.1 Å². The maximum atomic E-state index is 11.6. The van der Waals surface area contributed by atoms with Crippen LogP contribution < -0.4 is 21.9 Å². The fourth-order valence-electron chi connectivity index (χ4n) is 2.11. The maximum absolute atomic E-state index is 11.6. The Kier molecular flexibility index (Phi) is 3.33. The van der Waals surface area contributed by atoms with Crippen LogP contribution in [0.5, 0.6) is 0 Å². The molecule has 0 aliphatic carbocycles. The zero-order valence-corrected chi connectivity index (χ0v) is 9.98. The van der Waals surface area contributed by atoms with E-state index in [9.17, 15) is 9.59 Å². The van der Waals surface area contributed by atoms with Crippen LogP contribution in [0, 0.1) is 0 Å². The molecule has 6 nitrogen and oxygen atoms in total. The van der Waals surface area contributed by atoms with Crippen molar-refractivity contribution in [3.05, 3.63) is 26.9 Å². The summed E-state index contributed by atoms with van der Waals surface area (Å²) in [5.41, 5.74) is 5.28. The van der Waals surface area contributed by atoms with Gasteiger partial charge in [0.1, 0.15) is 5.82 Å². The van der Waals surface area contributed by atoms with Crippen molar-refractivity contribution >= 4 is 5.82 Å². The van der Waals surface area contributed by atoms with Crippen molar-refractivity contribution in [3.8, 4) is 0 Å². The zero-order valence-electron chi connectivity index (χ0n) is 9.98. The molecule has 1 saturated heterocycles. The van der Waals surface area contributed by atoms with E-state index in [1.807, 2.05) is 4.90 Å². The highest BCUT2D eigenvalue weighted by molar-refractivity contribution is 5.37. The van der Waals surface area contributed by atoms with Crippen LogP contribution in [0.1, 0.15) is 19.3 Å². The Bertz CT molecular complexity index is 474. The first-order valence-corrected chi connectivity index (χ1v) is 5.89. The summed E-state index contributed by atoms with van der Waals surface area (Å²) < 4.78 is 1.06. The Morgan fingerprint density at radius 2 is 2.18 bits per heavy atom. The van der Waals surface area contributed by atoms with Crippen molar-refractivity contribution in [2.45, 2.75) is 25.3 Å². The quantitative estimate of drug-likeness (QED) is 0.683. The fourth-order valence-corrected chi connectivity index (χ4v) is 2.11. The van der Waals surface area contributed by atoms with E-state index < -0.39 is 0 Å². The predicted octanol–water partition coefficient (Wildman–Crippen LogP) is -0.609. The lowest BCUT2D eigenvalue weighted by Crippen LogP contribution is -2.40. The van der Waals surface area contributed by atoms with Gasteiger partial charge in [-0.3, -0.25) is 14.3 Å². The van der Waals surface area contributed by atoms with E-state index in [1.54, 1.807) is 0 Å². The van der Waals surface area contributed by atoms with Crippen LogP contribution in [-0.4, -0.2) is 28.7 Å². The first kappa shape index (κ1) is 11.9. The van der Waals surface area contributed by atoms with Gasteiger partial charge in [-0.15, -0.1) is 0 Å². The number of rotatable bonds is 1. The molecule has 94 valence electrons. The third-order valence-corrected chi connectivity index (χ3v) is 3.18. The number of nitrogens with two attached hydrogens (primary N) is 1.